The smallest absolute Gasteiger partial charge is 0.294 e. The lowest BCUT2D eigenvalue weighted by molar-refractivity contribution is -0.757. The molecule has 1 saturated carbocycles. The van der Waals surface area contributed by atoms with Crippen molar-refractivity contribution >= 4 is 15.5 Å². The van der Waals surface area contributed by atoms with Gasteiger partial charge in [-0.25, -0.2) is 8.42 Å². The lowest BCUT2D eigenvalue weighted by Gasteiger charge is -2.24. The van der Waals surface area contributed by atoms with Gasteiger partial charge in [0.2, 0.25) is 0 Å². The summed E-state index contributed by atoms with van der Waals surface area (Å²) in [5, 5.41) is 18.5. The van der Waals surface area contributed by atoms with E-state index in [0.717, 1.165) is 36.9 Å². The standard InChI is InChI=1S/C21H28N4O6S/c1-30-23-19(9-6-14-31-25(26)27)20-15-21(24(22-20)17-7-4-3-5-8-17)16-10-12-18(13-11-16)32(2,28)29/h10-13,15,17H,3-9,14H2,1-2H3. The number of benzene rings is 1. The van der Waals surface area contributed by atoms with Crippen LogP contribution in [0.25, 0.3) is 11.3 Å². The van der Waals surface area contributed by atoms with E-state index in [1.807, 2.05) is 10.7 Å². The van der Waals surface area contributed by atoms with Crippen molar-refractivity contribution in [2.24, 2.45) is 5.16 Å². The van der Waals surface area contributed by atoms with Crippen LogP contribution in [0, 0.1) is 10.1 Å². The molecule has 0 aliphatic heterocycles. The maximum Gasteiger partial charge on any atom is 0.294 e. The molecule has 0 atom stereocenters. The molecule has 0 unspecified atom stereocenters. The van der Waals surface area contributed by atoms with Crippen molar-refractivity contribution in [3.05, 3.63) is 46.1 Å². The Morgan fingerprint density at radius 1 is 1.25 bits per heavy atom. The normalized spacial score (nSPS) is 15.5. The third-order valence-electron chi connectivity index (χ3n) is 5.49. The van der Waals surface area contributed by atoms with Crippen molar-refractivity contribution in [2.75, 3.05) is 20.0 Å². The molecule has 1 aromatic heterocycles. The van der Waals surface area contributed by atoms with E-state index in [1.54, 1.807) is 24.3 Å². The van der Waals surface area contributed by atoms with Crippen LogP contribution in [-0.2, 0) is 19.5 Å². The van der Waals surface area contributed by atoms with Gasteiger partial charge in [0.1, 0.15) is 18.5 Å². The van der Waals surface area contributed by atoms with E-state index in [9.17, 15) is 18.5 Å². The molecular formula is C21H28N4O6S. The second kappa shape index (κ2) is 10.6. The summed E-state index contributed by atoms with van der Waals surface area (Å²) in [6.45, 7) is -0.0428. The highest BCUT2D eigenvalue weighted by Gasteiger charge is 2.23. The molecule has 2 aromatic rings. The van der Waals surface area contributed by atoms with Crippen molar-refractivity contribution in [1.29, 1.82) is 0 Å². The average Bonchev–Trinajstić information content (AvgIpc) is 3.21. The number of aromatic nitrogens is 2. The fourth-order valence-corrected chi connectivity index (χ4v) is 4.57. The van der Waals surface area contributed by atoms with Crippen LogP contribution in [0.4, 0.5) is 0 Å². The first kappa shape index (κ1) is 23.7. The molecule has 0 radical (unpaired) electrons. The molecule has 174 valence electrons. The van der Waals surface area contributed by atoms with E-state index >= 15 is 0 Å². The molecule has 1 heterocycles. The predicted molar refractivity (Wildman–Crippen MR) is 119 cm³/mol. The Hall–Kier alpha value is -2.95. The molecule has 0 amide bonds. The van der Waals surface area contributed by atoms with Crippen molar-refractivity contribution in [3.8, 4) is 11.3 Å². The van der Waals surface area contributed by atoms with Gasteiger partial charge in [-0.05, 0) is 49.4 Å². The van der Waals surface area contributed by atoms with Gasteiger partial charge in [0.05, 0.1) is 23.2 Å². The van der Waals surface area contributed by atoms with Crippen LogP contribution in [0.5, 0.6) is 0 Å². The van der Waals surface area contributed by atoms with Crippen molar-refractivity contribution < 1.29 is 23.2 Å². The topological polar surface area (TPSA) is 126 Å². The second-order valence-electron chi connectivity index (χ2n) is 7.83. The minimum absolute atomic E-state index is 0.0428. The third kappa shape index (κ3) is 6.06. The molecule has 0 spiro atoms. The zero-order chi connectivity index (χ0) is 23.1. The van der Waals surface area contributed by atoms with Gasteiger partial charge in [-0.1, -0.05) is 36.6 Å². The molecule has 11 heteroatoms. The predicted octanol–water partition coefficient (Wildman–Crippen LogP) is 3.80. The Kier molecular flexibility index (Phi) is 7.84. The highest BCUT2D eigenvalue weighted by Crippen LogP contribution is 2.33. The number of oxime groups is 1. The van der Waals surface area contributed by atoms with Crippen LogP contribution < -0.4 is 0 Å². The van der Waals surface area contributed by atoms with Crippen LogP contribution in [0.3, 0.4) is 0 Å². The Bertz CT molecular complexity index is 1060. The van der Waals surface area contributed by atoms with Gasteiger partial charge in [0.15, 0.2) is 9.84 Å². The molecular weight excluding hydrogens is 436 g/mol. The molecule has 10 nitrogen and oxygen atoms in total. The summed E-state index contributed by atoms with van der Waals surface area (Å²) in [5.41, 5.74) is 2.93. The van der Waals surface area contributed by atoms with Gasteiger partial charge in [0.25, 0.3) is 5.09 Å². The monoisotopic (exact) mass is 464 g/mol. The Morgan fingerprint density at radius 2 is 1.94 bits per heavy atom. The zero-order valence-electron chi connectivity index (χ0n) is 18.3. The maximum atomic E-state index is 11.8. The fraction of sp³-hybridized carbons (Fsp3) is 0.524. The second-order valence-corrected chi connectivity index (χ2v) is 9.84. The minimum atomic E-state index is -3.28. The Balaban J connectivity index is 1.94. The van der Waals surface area contributed by atoms with Crippen molar-refractivity contribution in [3.63, 3.8) is 0 Å². The summed E-state index contributed by atoms with van der Waals surface area (Å²) in [5.74, 6) is 0. The highest BCUT2D eigenvalue weighted by molar-refractivity contribution is 7.90. The molecule has 0 bridgehead atoms. The first-order valence-electron chi connectivity index (χ1n) is 10.6. The van der Waals surface area contributed by atoms with Crippen LogP contribution in [0.1, 0.15) is 56.7 Å². The van der Waals surface area contributed by atoms with E-state index in [-0.39, 0.29) is 17.5 Å². The van der Waals surface area contributed by atoms with Crippen LogP contribution in [-0.4, -0.2) is 49.0 Å². The Labute approximate surface area is 187 Å². The SMILES string of the molecule is CON=C(CCCO[N+](=O)[O-])c1cc(-c2ccc(S(C)(=O)=O)cc2)n(C2CCCCC2)n1. The highest BCUT2D eigenvalue weighted by atomic mass is 32.2. The third-order valence-corrected chi connectivity index (χ3v) is 6.61. The van der Waals surface area contributed by atoms with Crippen LogP contribution in [0.15, 0.2) is 40.4 Å². The number of sulfone groups is 1. The molecule has 0 N–H and O–H groups in total. The van der Waals surface area contributed by atoms with Gasteiger partial charge >= 0.3 is 0 Å². The van der Waals surface area contributed by atoms with Gasteiger partial charge in [-0.2, -0.15) is 5.10 Å². The molecule has 32 heavy (non-hydrogen) atoms. The number of nitrogens with zero attached hydrogens (tertiary/aromatic N) is 4. The lowest BCUT2D eigenvalue weighted by atomic mass is 9.95. The molecule has 1 aromatic carbocycles. The average molecular weight is 465 g/mol. The van der Waals surface area contributed by atoms with Crippen LogP contribution in [0.2, 0.25) is 0 Å². The summed E-state index contributed by atoms with van der Waals surface area (Å²) in [7, 11) is -1.84. The van der Waals surface area contributed by atoms with Gasteiger partial charge in [0, 0.05) is 6.26 Å². The number of hydrogen-bond acceptors (Lipinski definition) is 8. The molecule has 0 saturated heterocycles. The van der Waals surface area contributed by atoms with E-state index in [2.05, 4.69) is 9.99 Å². The zero-order valence-corrected chi connectivity index (χ0v) is 19.1. The van der Waals surface area contributed by atoms with E-state index in [4.69, 9.17) is 9.94 Å². The summed E-state index contributed by atoms with van der Waals surface area (Å²) in [6, 6.07) is 8.92. The van der Waals surface area contributed by atoms with Crippen molar-refractivity contribution in [2.45, 2.75) is 55.9 Å². The molecule has 1 aliphatic rings. The summed E-state index contributed by atoms with van der Waals surface area (Å²) in [6.07, 6.45) is 7.46. The maximum absolute atomic E-state index is 11.8. The largest absolute Gasteiger partial charge is 0.399 e. The fourth-order valence-electron chi connectivity index (χ4n) is 3.94. The van der Waals surface area contributed by atoms with Gasteiger partial charge < -0.3 is 9.68 Å². The molecule has 1 fully saturated rings. The first-order valence-corrected chi connectivity index (χ1v) is 12.5. The minimum Gasteiger partial charge on any atom is -0.399 e. The first-order chi connectivity index (χ1) is 15.3. The number of hydrogen-bond donors (Lipinski definition) is 0. The summed E-state index contributed by atoms with van der Waals surface area (Å²) >= 11 is 0. The Morgan fingerprint density at radius 3 is 2.53 bits per heavy atom. The quantitative estimate of drug-likeness (QED) is 0.226. The van der Waals surface area contributed by atoms with E-state index in [1.165, 1.54) is 19.8 Å². The summed E-state index contributed by atoms with van der Waals surface area (Å²) in [4.78, 5) is 20.0. The van der Waals surface area contributed by atoms with Crippen molar-refractivity contribution in [1.82, 2.24) is 9.78 Å². The molecule has 1 aliphatic carbocycles. The summed E-state index contributed by atoms with van der Waals surface area (Å²) < 4.78 is 25.7. The van der Waals surface area contributed by atoms with E-state index in [0.29, 0.717) is 24.2 Å². The van der Waals surface area contributed by atoms with E-state index < -0.39 is 14.9 Å². The van der Waals surface area contributed by atoms with Crippen LogP contribution >= 0.6 is 0 Å². The van der Waals surface area contributed by atoms with Gasteiger partial charge in [-0.3, -0.25) is 4.68 Å². The number of rotatable bonds is 10. The van der Waals surface area contributed by atoms with Gasteiger partial charge in [-0.15, -0.1) is 10.1 Å². The lowest BCUT2D eigenvalue weighted by Crippen LogP contribution is -2.16. The molecule has 3 rings (SSSR count).